The Kier molecular flexibility index (Phi) is 3.89. The molecule has 1 N–H and O–H groups in total. The van der Waals surface area contributed by atoms with Gasteiger partial charge in [0.1, 0.15) is 5.41 Å². The Morgan fingerprint density at radius 1 is 1.24 bits per heavy atom. The number of benzene rings is 1. The van der Waals surface area contributed by atoms with Gasteiger partial charge in [0.2, 0.25) is 5.91 Å². The first-order valence-electron chi connectivity index (χ1n) is 5.38. The highest BCUT2D eigenvalue weighted by molar-refractivity contribution is 6.00. The van der Waals surface area contributed by atoms with Crippen molar-refractivity contribution >= 4 is 11.9 Å². The third-order valence-electron chi connectivity index (χ3n) is 2.68. The van der Waals surface area contributed by atoms with E-state index in [-0.39, 0.29) is 0 Å². The van der Waals surface area contributed by atoms with E-state index in [0.29, 0.717) is 6.54 Å². The van der Waals surface area contributed by atoms with Crippen LogP contribution in [0.1, 0.15) is 19.4 Å². The van der Waals surface area contributed by atoms with Crippen molar-refractivity contribution in [3.8, 4) is 0 Å². The summed E-state index contributed by atoms with van der Waals surface area (Å²) in [5.74, 6) is -1.50. The minimum absolute atomic E-state index is 0.395. The quantitative estimate of drug-likeness (QED) is 0.809. The molecule has 1 aromatic rings. The maximum absolute atomic E-state index is 12.0. The number of hydrogen-bond donors (Lipinski definition) is 1. The van der Waals surface area contributed by atoms with Crippen LogP contribution < -0.4 is 0 Å². The number of nitrogens with zero attached hydrogens (tertiary/aromatic N) is 1. The summed E-state index contributed by atoms with van der Waals surface area (Å²) in [5, 5.41) is 8.98. The molecule has 0 saturated carbocycles. The van der Waals surface area contributed by atoms with E-state index in [9.17, 15) is 9.59 Å². The van der Waals surface area contributed by atoms with Gasteiger partial charge in [-0.3, -0.25) is 9.59 Å². The Balaban J connectivity index is 2.75. The van der Waals surface area contributed by atoms with Gasteiger partial charge in [0.05, 0.1) is 0 Å². The van der Waals surface area contributed by atoms with Crippen molar-refractivity contribution in [1.82, 2.24) is 4.90 Å². The van der Waals surface area contributed by atoms with Crippen LogP contribution in [0.4, 0.5) is 0 Å². The second-order valence-corrected chi connectivity index (χ2v) is 4.58. The summed E-state index contributed by atoms with van der Waals surface area (Å²) in [6.07, 6.45) is 0. The number of amides is 1. The predicted octanol–water partition coefficient (Wildman–Crippen LogP) is 1.76. The molecule has 0 radical (unpaired) electrons. The normalized spacial score (nSPS) is 11.0. The van der Waals surface area contributed by atoms with Gasteiger partial charge in [-0.2, -0.15) is 0 Å². The molecular formula is C13H17NO3. The van der Waals surface area contributed by atoms with E-state index < -0.39 is 17.3 Å². The number of carboxylic acids is 1. The summed E-state index contributed by atoms with van der Waals surface area (Å²) in [6.45, 7) is 3.24. The first-order chi connectivity index (χ1) is 7.85. The molecule has 0 aliphatic heterocycles. The van der Waals surface area contributed by atoms with Gasteiger partial charge >= 0.3 is 5.97 Å². The first kappa shape index (κ1) is 13.2. The van der Waals surface area contributed by atoms with Crippen molar-refractivity contribution in [2.75, 3.05) is 7.05 Å². The molecule has 1 aromatic carbocycles. The van der Waals surface area contributed by atoms with E-state index in [4.69, 9.17) is 5.11 Å². The zero-order valence-electron chi connectivity index (χ0n) is 10.3. The van der Waals surface area contributed by atoms with Crippen LogP contribution in [0.5, 0.6) is 0 Å². The third-order valence-corrected chi connectivity index (χ3v) is 2.68. The maximum atomic E-state index is 12.0. The Bertz CT molecular complexity index is 412. The van der Waals surface area contributed by atoms with Crippen molar-refractivity contribution in [3.63, 3.8) is 0 Å². The molecule has 0 heterocycles. The highest BCUT2D eigenvalue weighted by atomic mass is 16.4. The van der Waals surface area contributed by atoms with Gasteiger partial charge in [0, 0.05) is 13.6 Å². The first-order valence-corrected chi connectivity index (χ1v) is 5.38. The lowest BCUT2D eigenvalue weighted by Gasteiger charge is -2.25. The van der Waals surface area contributed by atoms with Gasteiger partial charge in [-0.05, 0) is 19.4 Å². The van der Waals surface area contributed by atoms with Crippen LogP contribution in [0.15, 0.2) is 30.3 Å². The average Bonchev–Trinajstić information content (AvgIpc) is 2.29. The van der Waals surface area contributed by atoms with E-state index in [1.807, 2.05) is 30.3 Å². The summed E-state index contributed by atoms with van der Waals surface area (Å²) in [5.41, 5.74) is -0.409. The number of carbonyl (C=O) groups excluding carboxylic acids is 1. The van der Waals surface area contributed by atoms with Crippen LogP contribution in [0.3, 0.4) is 0 Å². The Morgan fingerprint density at radius 2 is 1.76 bits per heavy atom. The zero-order valence-corrected chi connectivity index (χ0v) is 10.3. The van der Waals surface area contributed by atoms with Gasteiger partial charge in [-0.25, -0.2) is 0 Å². The Hall–Kier alpha value is -1.84. The van der Waals surface area contributed by atoms with Crippen LogP contribution in [0, 0.1) is 5.41 Å². The number of hydrogen-bond acceptors (Lipinski definition) is 2. The number of aliphatic carboxylic acids is 1. The highest BCUT2D eigenvalue weighted by Crippen LogP contribution is 2.19. The molecule has 92 valence electrons. The van der Waals surface area contributed by atoms with Gasteiger partial charge in [-0.15, -0.1) is 0 Å². The summed E-state index contributed by atoms with van der Waals surface area (Å²) >= 11 is 0. The van der Waals surface area contributed by atoms with Crippen LogP contribution in [-0.4, -0.2) is 28.9 Å². The fourth-order valence-corrected chi connectivity index (χ4v) is 1.50. The van der Waals surface area contributed by atoms with Gasteiger partial charge in [-0.1, -0.05) is 30.3 Å². The predicted molar refractivity (Wildman–Crippen MR) is 64.3 cm³/mol. The van der Waals surface area contributed by atoms with E-state index in [0.717, 1.165) is 5.56 Å². The lowest BCUT2D eigenvalue weighted by atomic mass is 9.92. The van der Waals surface area contributed by atoms with Crippen LogP contribution in [0.25, 0.3) is 0 Å². The molecule has 0 aliphatic rings. The molecule has 0 fully saturated rings. The molecule has 1 amide bonds. The minimum atomic E-state index is -1.39. The number of rotatable bonds is 4. The molecule has 0 bridgehead atoms. The van der Waals surface area contributed by atoms with Gasteiger partial charge < -0.3 is 10.0 Å². The summed E-state index contributed by atoms with van der Waals surface area (Å²) in [4.78, 5) is 24.4. The lowest BCUT2D eigenvalue weighted by molar-refractivity contribution is -0.157. The van der Waals surface area contributed by atoms with Crippen molar-refractivity contribution in [3.05, 3.63) is 35.9 Å². The SMILES string of the molecule is CN(Cc1ccccc1)C(=O)C(C)(C)C(=O)O. The molecule has 0 saturated heterocycles. The molecule has 0 atom stereocenters. The van der Waals surface area contributed by atoms with E-state index in [1.54, 1.807) is 7.05 Å². The molecule has 1 rings (SSSR count). The second-order valence-electron chi connectivity index (χ2n) is 4.58. The van der Waals surface area contributed by atoms with Crippen molar-refractivity contribution in [2.24, 2.45) is 5.41 Å². The van der Waals surface area contributed by atoms with Crippen molar-refractivity contribution in [1.29, 1.82) is 0 Å². The zero-order chi connectivity index (χ0) is 13.1. The standard InChI is InChI=1S/C13H17NO3/c1-13(2,12(16)17)11(15)14(3)9-10-7-5-4-6-8-10/h4-8H,9H2,1-3H3,(H,16,17). The molecule has 0 aliphatic carbocycles. The fourth-order valence-electron chi connectivity index (χ4n) is 1.50. The van der Waals surface area contributed by atoms with Crippen molar-refractivity contribution < 1.29 is 14.7 Å². The fraction of sp³-hybridized carbons (Fsp3) is 0.385. The maximum Gasteiger partial charge on any atom is 0.318 e. The van der Waals surface area contributed by atoms with Crippen LogP contribution in [-0.2, 0) is 16.1 Å². The second kappa shape index (κ2) is 4.99. The molecule has 0 aromatic heterocycles. The molecule has 4 nitrogen and oxygen atoms in total. The number of carboxylic acid groups (broad SMARTS) is 1. The van der Waals surface area contributed by atoms with E-state index in [2.05, 4.69) is 0 Å². The average molecular weight is 235 g/mol. The largest absolute Gasteiger partial charge is 0.480 e. The Labute approximate surface area is 101 Å². The number of carbonyl (C=O) groups is 2. The van der Waals surface area contributed by atoms with E-state index in [1.165, 1.54) is 18.7 Å². The lowest BCUT2D eigenvalue weighted by Crippen LogP contribution is -2.43. The third kappa shape index (κ3) is 3.06. The van der Waals surface area contributed by atoms with Crippen LogP contribution in [0.2, 0.25) is 0 Å². The molecular weight excluding hydrogens is 218 g/mol. The van der Waals surface area contributed by atoms with Crippen LogP contribution >= 0.6 is 0 Å². The Morgan fingerprint density at radius 3 is 2.24 bits per heavy atom. The molecule has 4 heteroatoms. The monoisotopic (exact) mass is 235 g/mol. The van der Waals surface area contributed by atoms with Crippen molar-refractivity contribution in [2.45, 2.75) is 20.4 Å². The summed E-state index contributed by atoms with van der Waals surface area (Å²) in [6, 6.07) is 9.47. The topological polar surface area (TPSA) is 57.6 Å². The summed E-state index contributed by atoms with van der Waals surface area (Å²) < 4.78 is 0. The molecule has 17 heavy (non-hydrogen) atoms. The van der Waals surface area contributed by atoms with E-state index >= 15 is 0 Å². The molecule has 0 spiro atoms. The minimum Gasteiger partial charge on any atom is -0.480 e. The highest BCUT2D eigenvalue weighted by Gasteiger charge is 2.38. The van der Waals surface area contributed by atoms with Gasteiger partial charge in [0.15, 0.2) is 0 Å². The summed E-state index contributed by atoms with van der Waals surface area (Å²) in [7, 11) is 1.61. The van der Waals surface area contributed by atoms with Gasteiger partial charge in [0.25, 0.3) is 0 Å². The smallest absolute Gasteiger partial charge is 0.318 e. The molecule has 0 unspecified atom stereocenters.